The molecule has 0 aromatic heterocycles. The van der Waals surface area contributed by atoms with Gasteiger partial charge in [0, 0.05) is 0 Å². The fraction of sp³-hybridized carbons (Fsp3) is 0.909. The maximum atomic E-state index is 13.7. The highest BCUT2D eigenvalue weighted by molar-refractivity contribution is 5.78. The summed E-state index contributed by atoms with van der Waals surface area (Å²) in [7, 11) is 0. The van der Waals surface area contributed by atoms with Gasteiger partial charge in [0.25, 0.3) is 0 Å². The molecule has 37 heavy (non-hydrogen) atoms. The van der Waals surface area contributed by atoms with Gasteiger partial charge >= 0.3 is 5.97 Å². The zero-order valence-corrected chi connectivity index (χ0v) is 25.0. The van der Waals surface area contributed by atoms with E-state index in [1.807, 2.05) is 0 Å². The molecule has 5 aliphatic rings. The van der Waals surface area contributed by atoms with Gasteiger partial charge in [-0.15, -0.1) is 0 Å². The zero-order valence-electron chi connectivity index (χ0n) is 25.0. The number of aliphatic hydroxyl groups excluding tert-OH is 2. The third kappa shape index (κ3) is 3.63. The molecule has 0 amide bonds. The van der Waals surface area contributed by atoms with Crippen molar-refractivity contribution in [3.8, 4) is 0 Å². The molecule has 0 saturated heterocycles. The number of hydrogen-bond donors (Lipinski definition) is 2. The number of carbonyl (C=O) groups is 1. The molecule has 0 aromatic rings. The predicted octanol–water partition coefficient (Wildman–Crippen LogP) is 7.07. The van der Waals surface area contributed by atoms with Crippen LogP contribution in [0.5, 0.6) is 0 Å². The van der Waals surface area contributed by atoms with Gasteiger partial charge in [-0.3, -0.25) is 4.79 Å². The summed E-state index contributed by atoms with van der Waals surface area (Å²) in [6, 6.07) is 0. The second-order valence-corrected chi connectivity index (χ2v) is 16.0. The summed E-state index contributed by atoms with van der Waals surface area (Å²) in [5.41, 5.74) is 1.26. The molecule has 0 aromatic carbocycles. The summed E-state index contributed by atoms with van der Waals surface area (Å²) in [6.45, 7) is 19.2. The van der Waals surface area contributed by atoms with E-state index in [9.17, 15) is 15.0 Å². The third-order valence-electron chi connectivity index (χ3n) is 13.4. The van der Waals surface area contributed by atoms with Crippen molar-refractivity contribution in [2.45, 2.75) is 132 Å². The molecule has 4 nitrogen and oxygen atoms in total. The molecule has 9 atom stereocenters. The summed E-state index contributed by atoms with van der Waals surface area (Å²) >= 11 is 0. The second-order valence-electron chi connectivity index (χ2n) is 16.0. The van der Waals surface area contributed by atoms with Crippen LogP contribution in [-0.4, -0.2) is 35.0 Å². The number of carbonyl (C=O) groups excluding carboxylic acids is 1. The van der Waals surface area contributed by atoms with Gasteiger partial charge in [-0.25, -0.2) is 0 Å². The van der Waals surface area contributed by atoms with Crippen LogP contribution in [-0.2, 0) is 9.53 Å². The fourth-order valence-corrected chi connectivity index (χ4v) is 11.1. The molecule has 0 spiro atoms. The van der Waals surface area contributed by atoms with Gasteiger partial charge in [0.1, 0.15) is 0 Å². The quantitative estimate of drug-likeness (QED) is 0.312. The standard InChI is InChI=1S/C33H54O4/c1-9-18-37-27(36)33-16-14-28(2,3)19-22(33)21-10-11-25-30(6)20-23(34)26(35)29(4,5)24(30)12-13-32(25,8)31(21,7)15-17-33/h10,22-26,34-35H,9,11-20H2,1-8H3/t22-,23+,24-,25-,26-,30+,31+,32-,33+/m1/s1. The lowest BCUT2D eigenvalue weighted by Gasteiger charge is -2.71. The Balaban J connectivity index is 1.58. The molecule has 5 rings (SSSR count). The number of esters is 1. The summed E-state index contributed by atoms with van der Waals surface area (Å²) in [4.78, 5) is 13.7. The number of rotatable bonds is 3. The van der Waals surface area contributed by atoms with Gasteiger partial charge in [-0.2, -0.15) is 0 Å². The number of allylic oxidation sites excluding steroid dienone is 2. The lowest BCUT2D eigenvalue weighted by Crippen LogP contribution is -2.67. The maximum absolute atomic E-state index is 13.7. The van der Waals surface area contributed by atoms with Crippen molar-refractivity contribution in [1.29, 1.82) is 0 Å². The van der Waals surface area contributed by atoms with Gasteiger partial charge < -0.3 is 14.9 Å². The minimum atomic E-state index is -0.664. The Bertz CT molecular complexity index is 965. The maximum Gasteiger partial charge on any atom is 0.312 e. The van der Waals surface area contributed by atoms with Crippen molar-refractivity contribution in [1.82, 2.24) is 0 Å². The number of hydrogen-bond acceptors (Lipinski definition) is 4. The van der Waals surface area contributed by atoms with E-state index in [4.69, 9.17) is 4.74 Å². The molecule has 0 heterocycles. The molecule has 0 radical (unpaired) electrons. The first kappa shape index (κ1) is 27.7. The minimum absolute atomic E-state index is 0.0133. The fourth-order valence-electron chi connectivity index (χ4n) is 11.1. The Morgan fingerprint density at radius 3 is 2.30 bits per heavy atom. The lowest BCUT2D eigenvalue weighted by atomic mass is 9.33. The van der Waals surface area contributed by atoms with Crippen LogP contribution < -0.4 is 0 Å². The normalized spacial score (nSPS) is 50.0. The average molecular weight is 515 g/mol. The number of ether oxygens (including phenoxy) is 1. The molecule has 210 valence electrons. The van der Waals surface area contributed by atoms with Gasteiger partial charge in [-0.05, 0) is 109 Å². The summed E-state index contributed by atoms with van der Waals surface area (Å²) in [6.07, 6.45) is 11.1. The van der Waals surface area contributed by atoms with E-state index >= 15 is 0 Å². The average Bonchev–Trinajstić information content (AvgIpc) is 2.81. The molecular formula is C33H54O4. The molecule has 4 fully saturated rings. The van der Waals surface area contributed by atoms with Crippen LogP contribution in [0, 0.1) is 50.2 Å². The minimum Gasteiger partial charge on any atom is -0.465 e. The lowest BCUT2D eigenvalue weighted by molar-refractivity contribution is -0.232. The van der Waals surface area contributed by atoms with Crippen LogP contribution in [0.4, 0.5) is 0 Å². The molecule has 0 aliphatic heterocycles. The van der Waals surface area contributed by atoms with E-state index in [0.717, 1.165) is 57.8 Å². The van der Waals surface area contributed by atoms with Crippen molar-refractivity contribution in [2.24, 2.45) is 50.2 Å². The summed E-state index contributed by atoms with van der Waals surface area (Å²) < 4.78 is 5.92. The SMILES string of the molecule is CCCOC(=O)[C@]12CCC(C)(C)C[C@@H]1C1=CC[C@@H]3[C@@]4(C)C[C@H](O)[C@@H](O)C(C)(C)[C@H]4CC[C@@]3(C)[C@@]1(C)CC2. The van der Waals surface area contributed by atoms with Crippen LogP contribution >= 0.6 is 0 Å². The van der Waals surface area contributed by atoms with Crippen LogP contribution in [0.3, 0.4) is 0 Å². The Morgan fingerprint density at radius 2 is 1.62 bits per heavy atom. The van der Waals surface area contributed by atoms with Crippen molar-refractivity contribution in [2.75, 3.05) is 6.61 Å². The van der Waals surface area contributed by atoms with E-state index in [1.54, 1.807) is 5.57 Å². The van der Waals surface area contributed by atoms with Crippen LogP contribution in [0.25, 0.3) is 0 Å². The Hall–Kier alpha value is -0.870. The van der Waals surface area contributed by atoms with Gasteiger partial charge in [0.15, 0.2) is 0 Å². The molecule has 4 saturated carbocycles. The monoisotopic (exact) mass is 514 g/mol. The highest BCUT2D eigenvalue weighted by Gasteiger charge is 2.70. The molecule has 4 heteroatoms. The van der Waals surface area contributed by atoms with Crippen molar-refractivity contribution in [3.63, 3.8) is 0 Å². The van der Waals surface area contributed by atoms with Gasteiger partial charge in [-0.1, -0.05) is 67.0 Å². The van der Waals surface area contributed by atoms with Gasteiger partial charge in [0.05, 0.1) is 24.2 Å². The van der Waals surface area contributed by atoms with E-state index in [-0.39, 0.29) is 44.4 Å². The molecule has 2 N–H and O–H groups in total. The first-order valence-corrected chi connectivity index (χ1v) is 15.3. The van der Waals surface area contributed by atoms with E-state index < -0.39 is 12.2 Å². The van der Waals surface area contributed by atoms with Crippen molar-refractivity contribution in [3.05, 3.63) is 11.6 Å². The Morgan fingerprint density at radius 1 is 0.946 bits per heavy atom. The number of aliphatic hydroxyl groups is 2. The zero-order chi connectivity index (χ0) is 27.2. The van der Waals surface area contributed by atoms with E-state index in [0.29, 0.717) is 24.9 Å². The summed E-state index contributed by atoms with van der Waals surface area (Å²) in [5.74, 6) is 1.19. The van der Waals surface area contributed by atoms with E-state index in [1.165, 1.54) is 0 Å². The number of fused-ring (bicyclic) bond motifs is 7. The smallest absolute Gasteiger partial charge is 0.312 e. The van der Waals surface area contributed by atoms with Crippen molar-refractivity contribution < 1.29 is 19.7 Å². The third-order valence-corrected chi connectivity index (χ3v) is 13.4. The van der Waals surface area contributed by atoms with Crippen LogP contribution in [0.1, 0.15) is 120 Å². The highest BCUT2D eigenvalue weighted by Crippen LogP contribution is 2.75. The van der Waals surface area contributed by atoms with Crippen LogP contribution in [0.15, 0.2) is 11.6 Å². The van der Waals surface area contributed by atoms with Gasteiger partial charge in [0.2, 0.25) is 0 Å². The first-order chi connectivity index (χ1) is 17.1. The first-order valence-electron chi connectivity index (χ1n) is 15.3. The molecular weight excluding hydrogens is 460 g/mol. The predicted molar refractivity (Wildman–Crippen MR) is 148 cm³/mol. The van der Waals surface area contributed by atoms with Crippen molar-refractivity contribution >= 4 is 5.97 Å². The Labute approximate surface area is 226 Å². The molecule has 5 aliphatic carbocycles. The topological polar surface area (TPSA) is 66.8 Å². The Kier molecular flexibility index (Phi) is 6.41. The van der Waals surface area contributed by atoms with E-state index in [2.05, 4.69) is 61.5 Å². The van der Waals surface area contributed by atoms with Crippen LogP contribution in [0.2, 0.25) is 0 Å². The largest absolute Gasteiger partial charge is 0.465 e. The molecule has 0 bridgehead atoms. The highest BCUT2D eigenvalue weighted by atomic mass is 16.5. The summed E-state index contributed by atoms with van der Waals surface area (Å²) in [5, 5.41) is 22.0. The second kappa shape index (κ2) is 8.56. The molecule has 0 unspecified atom stereocenters.